The summed E-state index contributed by atoms with van der Waals surface area (Å²) in [5, 5.41) is 3.44. The zero-order valence-corrected chi connectivity index (χ0v) is 9.38. The van der Waals surface area contributed by atoms with Crippen molar-refractivity contribution in [2.45, 2.75) is 37.8 Å². The molecular formula is C12H20N2. The lowest BCUT2D eigenvalue weighted by Crippen LogP contribution is -2.48. The Bertz CT molecular complexity index is 272. The van der Waals surface area contributed by atoms with Gasteiger partial charge in [-0.2, -0.15) is 0 Å². The first-order valence-electron chi connectivity index (χ1n) is 5.40. The highest BCUT2D eigenvalue weighted by Crippen LogP contribution is 2.37. The lowest BCUT2D eigenvalue weighted by atomic mass is 9.99. The second-order valence-corrected chi connectivity index (χ2v) is 5.01. The van der Waals surface area contributed by atoms with Gasteiger partial charge in [0.05, 0.1) is 5.54 Å². The monoisotopic (exact) mass is 192 g/mol. The molecule has 78 valence electrons. The summed E-state index contributed by atoms with van der Waals surface area (Å²) in [6.45, 7) is 5.65. The molecule has 2 nitrogen and oxygen atoms in total. The van der Waals surface area contributed by atoms with E-state index < -0.39 is 0 Å². The van der Waals surface area contributed by atoms with Crippen molar-refractivity contribution >= 4 is 0 Å². The summed E-state index contributed by atoms with van der Waals surface area (Å²) in [4.78, 5) is 2.43. The van der Waals surface area contributed by atoms with Crippen molar-refractivity contribution in [1.29, 1.82) is 0 Å². The summed E-state index contributed by atoms with van der Waals surface area (Å²) < 4.78 is 0. The van der Waals surface area contributed by atoms with Crippen molar-refractivity contribution in [1.82, 2.24) is 10.2 Å². The fraction of sp³-hybridized carbons (Fsp3) is 0.667. The van der Waals surface area contributed by atoms with Gasteiger partial charge in [0.25, 0.3) is 0 Å². The molecule has 0 bridgehead atoms. The Kier molecular flexibility index (Phi) is 2.18. The summed E-state index contributed by atoms with van der Waals surface area (Å²) in [7, 11) is 2.07. The molecule has 0 saturated heterocycles. The number of likely N-dealkylation sites (N-methyl/N-ethyl adjacent to an activating group) is 1. The van der Waals surface area contributed by atoms with Gasteiger partial charge in [-0.1, -0.05) is 12.2 Å². The van der Waals surface area contributed by atoms with Gasteiger partial charge in [0.15, 0.2) is 0 Å². The zero-order valence-electron chi connectivity index (χ0n) is 9.38. The van der Waals surface area contributed by atoms with E-state index in [9.17, 15) is 0 Å². The first kappa shape index (κ1) is 9.78. The van der Waals surface area contributed by atoms with Crippen LogP contribution in [0.3, 0.4) is 0 Å². The summed E-state index contributed by atoms with van der Waals surface area (Å²) in [6, 6.07) is 0. The molecule has 1 heterocycles. The molecule has 2 rings (SSSR count). The van der Waals surface area contributed by atoms with E-state index in [0.29, 0.717) is 5.54 Å². The summed E-state index contributed by atoms with van der Waals surface area (Å²) >= 11 is 0. The van der Waals surface area contributed by atoms with Crippen LogP contribution in [0.15, 0.2) is 24.4 Å². The molecule has 1 fully saturated rings. The molecule has 1 aliphatic carbocycles. The molecule has 2 aliphatic rings. The molecule has 0 atom stereocenters. The number of nitrogens with zero attached hydrogens (tertiary/aromatic N) is 1. The number of hydrogen-bond acceptors (Lipinski definition) is 2. The predicted octanol–water partition coefficient (Wildman–Crippen LogP) is 1.90. The number of rotatable bonds is 3. The van der Waals surface area contributed by atoms with E-state index in [1.54, 1.807) is 0 Å². The van der Waals surface area contributed by atoms with Crippen molar-refractivity contribution in [3.8, 4) is 0 Å². The molecule has 0 aromatic heterocycles. The van der Waals surface area contributed by atoms with Gasteiger partial charge in [-0.25, -0.2) is 0 Å². The molecule has 0 aromatic carbocycles. The minimum Gasteiger partial charge on any atom is -0.367 e. The average Bonchev–Trinajstić information content (AvgIpc) is 2.90. The van der Waals surface area contributed by atoms with Gasteiger partial charge >= 0.3 is 0 Å². The number of nitrogens with one attached hydrogen (secondary N) is 1. The first-order valence-corrected chi connectivity index (χ1v) is 5.40. The molecule has 0 radical (unpaired) electrons. The van der Waals surface area contributed by atoms with Crippen molar-refractivity contribution in [2.75, 3.05) is 13.6 Å². The van der Waals surface area contributed by atoms with E-state index in [2.05, 4.69) is 55.5 Å². The fourth-order valence-corrected chi connectivity index (χ4v) is 1.95. The van der Waals surface area contributed by atoms with Crippen LogP contribution < -0.4 is 5.32 Å². The van der Waals surface area contributed by atoms with Crippen LogP contribution in [0.25, 0.3) is 0 Å². The number of hydrogen-bond donors (Lipinski definition) is 1. The van der Waals surface area contributed by atoms with Crippen LogP contribution in [0.4, 0.5) is 0 Å². The van der Waals surface area contributed by atoms with Gasteiger partial charge in [-0.05, 0) is 46.0 Å². The zero-order chi connectivity index (χ0) is 10.2. The average molecular weight is 192 g/mol. The third-order valence-corrected chi connectivity index (χ3v) is 3.48. The Morgan fingerprint density at radius 3 is 2.50 bits per heavy atom. The van der Waals surface area contributed by atoms with Crippen LogP contribution in [0.5, 0.6) is 0 Å². The highest BCUT2D eigenvalue weighted by molar-refractivity contribution is 5.20. The van der Waals surface area contributed by atoms with Crippen LogP contribution in [0, 0.1) is 0 Å². The molecule has 14 heavy (non-hydrogen) atoms. The second-order valence-electron chi connectivity index (χ2n) is 5.01. The van der Waals surface area contributed by atoms with Gasteiger partial charge in [0.1, 0.15) is 0 Å². The lowest BCUT2D eigenvalue weighted by molar-refractivity contribution is 0.204. The lowest BCUT2D eigenvalue weighted by Gasteiger charge is -2.39. The SMILES string of the molecule is CNC1(CN2C=CC=CC2(C)C)CC1. The van der Waals surface area contributed by atoms with E-state index in [0.717, 1.165) is 6.54 Å². The van der Waals surface area contributed by atoms with E-state index in [1.165, 1.54) is 12.8 Å². The van der Waals surface area contributed by atoms with Crippen LogP contribution in [-0.4, -0.2) is 29.6 Å². The van der Waals surface area contributed by atoms with Crippen molar-refractivity contribution in [3.05, 3.63) is 24.4 Å². The maximum Gasteiger partial charge on any atom is 0.0526 e. The molecule has 0 spiro atoms. The Hall–Kier alpha value is -0.760. The molecule has 0 amide bonds. The van der Waals surface area contributed by atoms with Crippen LogP contribution in [0.1, 0.15) is 26.7 Å². The van der Waals surface area contributed by atoms with Crippen LogP contribution in [0.2, 0.25) is 0 Å². The van der Waals surface area contributed by atoms with Gasteiger partial charge in [0, 0.05) is 12.1 Å². The Labute approximate surface area is 86.7 Å². The maximum atomic E-state index is 3.44. The first-order chi connectivity index (χ1) is 6.58. The summed E-state index contributed by atoms with van der Waals surface area (Å²) in [5.41, 5.74) is 0.563. The third-order valence-electron chi connectivity index (χ3n) is 3.48. The van der Waals surface area contributed by atoms with Crippen molar-refractivity contribution in [2.24, 2.45) is 0 Å². The fourth-order valence-electron chi connectivity index (χ4n) is 1.95. The Morgan fingerprint density at radius 1 is 1.29 bits per heavy atom. The predicted molar refractivity (Wildman–Crippen MR) is 60.1 cm³/mol. The molecule has 2 heteroatoms. The minimum absolute atomic E-state index is 0.168. The summed E-state index contributed by atoms with van der Waals surface area (Å²) in [6.07, 6.45) is 11.4. The molecule has 1 aliphatic heterocycles. The van der Waals surface area contributed by atoms with E-state index in [1.807, 2.05) is 0 Å². The smallest absolute Gasteiger partial charge is 0.0526 e. The highest BCUT2D eigenvalue weighted by atomic mass is 15.2. The van der Waals surface area contributed by atoms with Crippen LogP contribution in [-0.2, 0) is 0 Å². The molecule has 0 aromatic rings. The van der Waals surface area contributed by atoms with Gasteiger partial charge in [-0.3, -0.25) is 0 Å². The minimum atomic E-state index is 0.168. The van der Waals surface area contributed by atoms with E-state index in [4.69, 9.17) is 0 Å². The highest BCUT2D eigenvalue weighted by Gasteiger charge is 2.43. The van der Waals surface area contributed by atoms with E-state index >= 15 is 0 Å². The van der Waals surface area contributed by atoms with E-state index in [-0.39, 0.29) is 5.54 Å². The van der Waals surface area contributed by atoms with Crippen molar-refractivity contribution in [3.63, 3.8) is 0 Å². The molecule has 1 N–H and O–H groups in total. The largest absolute Gasteiger partial charge is 0.367 e. The Morgan fingerprint density at radius 2 is 2.00 bits per heavy atom. The summed E-state index contributed by atoms with van der Waals surface area (Å²) in [5.74, 6) is 0. The van der Waals surface area contributed by atoms with Crippen LogP contribution >= 0.6 is 0 Å². The molecule has 0 unspecified atom stereocenters. The molecule has 1 saturated carbocycles. The van der Waals surface area contributed by atoms with Gasteiger partial charge in [0.2, 0.25) is 0 Å². The normalized spacial score (nSPS) is 26.6. The van der Waals surface area contributed by atoms with Gasteiger partial charge in [-0.15, -0.1) is 0 Å². The quantitative estimate of drug-likeness (QED) is 0.734. The van der Waals surface area contributed by atoms with Gasteiger partial charge < -0.3 is 10.2 Å². The standard InChI is InChI=1S/C12H20N2/c1-11(2)6-4-5-9-14(11)10-12(13-3)7-8-12/h4-6,9,13H,7-8,10H2,1-3H3. The third kappa shape index (κ3) is 1.71. The van der Waals surface area contributed by atoms with Crippen molar-refractivity contribution < 1.29 is 0 Å². The Balaban J connectivity index is 2.04. The molecular weight excluding hydrogens is 172 g/mol. The maximum absolute atomic E-state index is 3.44. The topological polar surface area (TPSA) is 15.3 Å². The second kappa shape index (κ2) is 3.13. The number of allylic oxidation sites excluding steroid dienone is 2.